The Kier molecular flexibility index (Phi) is 3.22. The second-order valence-electron chi connectivity index (χ2n) is 3.42. The molecule has 0 saturated carbocycles. The highest BCUT2D eigenvalue weighted by atomic mass is 19.3. The first-order chi connectivity index (χ1) is 8.56. The number of alkyl halides is 2. The SMILES string of the molecule is O=C(Nc1cc(C(F)F)no1)c1ccc(O)cc1. The molecule has 0 fully saturated rings. The quantitative estimate of drug-likeness (QED) is 0.882. The zero-order chi connectivity index (χ0) is 13.1. The van der Waals surface area contributed by atoms with Crippen LogP contribution >= 0.6 is 0 Å². The number of anilines is 1. The third-order valence-corrected chi connectivity index (χ3v) is 2.12. The first kappa shape index (κ1) is 12.0. The number of benzene rings is 1. The number of phenols is 1. The highest BCUT2D eigenvalue weighted by molar-refractivity contribution is 6.03. The molecule has 0 saturated heterocycles. The Balaban J connectivity index is 2.08. The Morgan fingerprint density at radius 1 is 1.33 bits per heavy atom. The van der Waals surface area contributed by atoms with E-state index in [1.807, 2.05) is 0 Å². The Hall–Kier alpha value is -2.44. The van der Waals surface area contributed by atoms with Crippen molar-refractivity contribution in [3.8, 4) is 5.75 Å². The Morgan fingerprint density at radius 2 is 2.00 bits per heavy atom. The molecule has 2 rings (SSSR count). The number of halogens is 2. The molecular weight excluding hydrogens is 246 g/mol. The number of amides is 1. The van der Waals surface area contributed by atoms with Crippen molar-refractivity contribution in [3.63, 3.8) is 0 Å². The standard InChI is InChI=1S/C11H8F2N2O3/c12-10(13)8-5-9(18-15-8)14-11(17)6-1-3-7(16)4-2-6/h1-5,10,16H,(H,14,17). The van der Waals surface area contributed by atoms with Crippen molar-refractivity contribution < 1.29 is 23.2 Å². The number of hydrogen-bond acceptors (Lipinski definition) is 4. The smallest absolute Gasteiger partial charge is 0.283 e. The number of hydrogen-bond donors (Lipinski definition) is 2. The molecule has 1 aromatic heterocycles. The molecular formula is C11H8F2N2O3. The van der Waals surface area contributed by atoms with E-state index in [1.165, 1.54) is 24.3 Å². The largest absolute Gasteiger partial charge is 0.508 e. The predicted molar refractivity (Wildman–Crippen MR) is 57.5 cm³/mol. The Morgan fingerprint density at radius 3 is 2.56 bits per heavy atom. The van der Waals surface area contributed by atoms with Gasteiger partial charge in [-0.2, -0.15) is 0 Å². The Labute approximate surface area is 100 Å². The average molecular weight is 254 g/mol. The van der Waals surface area contributed by atoms with Crippen molar-refractivity contribution in [2.24, 2.45) is 0 Å². The molecule has 1 heterocycles. The summed E-state index contributed by atoms with van der Waals surface area (Å²) in [5.74, 6) is -0.693. The summed E-state index contributed by atoms with van der Waals surface area (Å²) in [5, 5.41) is 14.4. The summed E-state index contributed by atoms with van der Waals surface area (Å²) in [7, 11) is 0. The molecule has 0 radical (unpaired) electrons. The molecule has 2 aromatic rings. The van der Waals surface area contributed by atoms with Gasteiger partial charge in [-0.3, -0.25) is 10.1 Å². The number of nitrogens with one attached hydrogen (secondary N) is 1. The lowest BCUT2D eigenvalue weighted by Crippen LogP contribution is -2.10. The molecule has 0 bridgehead atoms. The second kappa shape index (κ2) is 4.82. The van der Waals surface area contributed by atoms with Gasteiger partial charge in [0.15, 0.2) is 5.69 Å². The fourth-order valence-corrected chi connectivity index (χ4v) is 1.25. The van der Waals surface area contributed by atoms with E-state index in [1.54, 1.807) is 0 Å². The third-order valence-electron chi connectivity index (χ3n) is 2.12. The molecule has 5 nitrogen and oxygen atoms in total. The fourth-order valence-electron chi connectivity index (χ4n) is 1.25. The van der Waals surface area contributed by atoms with Crippen LogP contribution < -0.4 is 5.32 Å². The molecule has 0 aliphatic heterocycles. The number of aromatic nitrogens is 1. The van der Waals surface area contributed by atoms with Crippen LogP contribution in [0.4, 0.5) is 14.7 Å². The number of carbonyl (C=O) groups is 1. The molecule has 1 aromatic carbocycles. The number of carbonyl (C=O) groups excluding carboxylic acids is 1. The number of rotatable bonds is 3. The summed E-state index contributed by atoms with van der Waals surface area (Å²) in [5.41, 5.74) is -0.293. The first-order valence-corrected chi connectivity index (χ1v) is 4.91. The van der Waals surface area contributed by atoms with Gasteiger partial charge in [0.1, 0.15) is 5.75 Å². The van der Waals surface area contributed by atoms with Crippen LogP contribution in [0.1, 0.15) is 22.5 Å². The van der Waals surface area contributed by atoms with E-state index in [0.29, 0.717) is 0 Å². The fraction of sp³-hybridized carbons (Fsp3) is 0.0909. The monoisotopic (exact) mass is 254 g/mol. The highest BCUT2D eigenvalue weighted by Gasteiger charge is 2.15. The molecule has 1 amide bonds. The average Bonchev–Trinajstić information content (AvgIpc) is 2.78. The van der Waals surface area contributed by atoms with E-state index in [-0.39, 0.29) is 17.2 Å². The van der Waals surface area contributed by atoms with Crippen molar-refractivity contribution in [1.29, 1.82) is 0 Å². The van der Waals surface area contributed by atoms with Crippen molar-refractivity contribution in [1.82, 2.24) is 5.16 Å². The van der Waals surface area contributed by atoms with Gasteiger partial charge in [-0.05, 0) is 24.3 Å². The maximum atomic E-state index is 12.2. The molecule has 0 spiro atoms. The second-order valence-corrected chi connectivity index (χ2v) is 3.42. The van der Waals surface area contributed by atoms with Crippen molar-refractivity contribution in [2.45, 2.75) is 6.43 Å². The van der Waals surface area contributed by atoms with E-state index < -0.39 is 18.0 Å². The van der Waals surface area contributed by atoms with Crippen molar-refractivity contribution >= 4 is 11.8 Å². The Bertz CT molecular complexity index is 552. The molecule has 0 unspecified atom stereocenters. The minimum Gasteiger partial charge on any atom is -0.508 e. The third kappa shape index (κ3) is 2.62. The van der Waals surface area contributed by atoms with Gasteiger partial charge in [-0.15, -0.1) is 0 Å². The van der Waals surface area contributed by atoms with Gasteiger partial charge in [0.2, 0.25) is 5.88 Å². The maximum absolute atomic E-state index is 12.2. The lowest BCUT2D eigenvalue weighted by molar-refractivity contribution is 0.102. The van der Waals surface area contributed by atoms with Crippen LogP contribution in [-0.2, 0) is 0 Å². The normalized spacial score (nSPS) is 10.6. The molecule has 94 valence electrons. The van der Waals surface area contributed by atoms with Crippen LogP contribution in [-0.4, -0.2) is 16.2 Å². The summed E-state index contributed by atoms with van der Waals surface area (Å²) in [6, 6.07) is 6.38. The van der Waals surface area contributed by atoms with Gasteiger partial charge in [0, 0.05) is 11.6 Å². The zero-order valence-corrected chi connectivity index (χ0v) is 8.93. The van der Waals surface area contributed by atoms with Crippen molar-refractivity contribution in [3.05, 3.63) is 41.6 Å². The minimum atomic E-state index is -2.76. The predicted octanol–water partition coefficient (Wildman–Crippen LogP) is 2.57. The lowest BCUT2D eigenvalue weighted by Gasteiger charge is -2.00. The molecule has 0 aliphatic carbocycles. The van der Waals surface area contributed by atoms with Gasteiger partial charge in [0.05, 0.1) is 0 Å². The van der Waals surface area contributed by atoms with E-state index in [4.69, 9.17) is 5.11 Å². The van der Waals surface area contributed by atoms with Crippen LogP contribution in [0.25, 0.3) is 0 Å². The van der Waals surface area contributed by atoms with Gasteiger partial charge in [0.25, 0.3) is 12.3 Å². The van der Waals surface area contributed by atoms with Crippen LogP contribution in [0.2, 0.25) is 0 Å². The summed E-state index contributed by atoms with van der Waals surface area (Å²) < 4.78 is 29.0. The van der Waals surface area contributed by atoms with Crippen LogP contribution in [0, 0.1) is 0 Å². The first-order valence-electron chi connectivity index (χ1n) is 4.91. The lowest BCUT2D eigenvalue weighted by atomic mass is 10.2. The summed E-state index contributed by atoms with van der Waals surface area (Å²) >= 11 is 0. The number of phenolic OH excluding ortho intramolecular Hbond substituents is 1. The van der Waals surface area contributed by atoms with Crippen molar-refractivity contribution in [2.75, 3.05) is 5.32 Å². The molecule has 0 aliphatic rings. The maximum Gasteiger partial charge on any atom is 0.283 e. The highest BCUT2D eigenvalue weighted by Crippen LogP contribution is 2.21. The number of nitrogens with zero attached hydrogens (tertiary/aromatic N) is 1. The van der Waals surface area contributed by atoms with E-state index in [2.05, 4.69) is 15.0 Å². The topological polar surface area (TPSA) is 75.4 Å². The molecule has 0 atom stereocenters. The van der Waals surface area contributed by atoms with Crippen LogP contribution in [0.5, 0.6) is 5.75 Å². The zero-order valence-electron chi connectivity index (χ0n) is 8.93. The minimum absolute atomic E-state index is 0.0196. The van der Waals surface area contributed by atoms with Crippen LogP contribution in [0.3, 0.4) is 0 Å². The van der Waals surface area contributed by atoms with Gasteiger partial charge >= 0.3 is 0 Å². The summed E-state index contributed by atoms with van der Waals surface area (Å²) in [6.07, 6.45) is -2.76. The molecule has 2 N–H and O–H groups in total. The summed E-state index contributed by atoms with van der Waals surface area (Å²) in [4.78, 5) is 11.6. The van der Waals surface area contributed by atoms with Gasteiger partial charge < -0.3 is 9.63 Å². The van der Waals surface area contributed by atoms with Gasteiger partial charge in [-0.25, -0.2) is 8.78 Å². The summed E-state index contributed by atoms with van der Waals surface area (Å²) in [6.45, 7) is 0. The number of aromatic hydroxyl groups is 1. The van der Waals surface area contributed by atoms with E-state index in [9.17, 15) is 13.6 Å². The molecule has 18 heavy (non-hydrogen) atoms. The van der Waals surface area contributed by atoms with E-state index >= 15 is 0 Å². The van der Waals surface area contributed by atoms with E-state index in [0.717, 1.165) is 6.07 Å². The van der Waals surface area contributed by atoms with Gasteiger partial charge in [-0.1, -0.05) is 5.16 Å². The van der Waals surface area contributed by atoms with Crippen LogP contribution in [0.15, 0.2) is 34.9 Å². The molecule has 7 heteroatoms.